The van der Waals surface area contributed by atoms with Crippen LogP contribution < -0.4 is 10.6 Å². The lowest BCUT2D eigenvalue weighted by molar-refractivity contribution is -0.141. The quantitative estimate of drug-likeness (QED) is 0.597. The summed E-state index contributed by atoms with van der Waals surface area (Å²) in [6.07, 6.45) is 2.61. The van der Waals surface area contributed by atoms with Crippen molar-refractivity contribution in [2.75, 3.05) is 25.1 Å². The van der Waals surface area contributed by atoms with E-state index >= 15 is 0 Å². The minimum absolute atomic E-state index is 0.0753. The predicted molar refractivity (Wildman–Crippen MR) is 58.9 cm³/mol. The molecule has 2 atom stereocenters. The van der Waals surface area contributed by atoms with Crippen LogP contribution in [-0.2, 0) is 9.59 Å². The molecule has 1 heterocycles. The molecule has 0 saturated carbocycles. The fraction of sp³-hybridized carbons (Fsp3) is 0.778. The lowest BCUT2D eigenvalue weighted by atomic mass is 10.1. The summed E-state index contributed by atoms with van der Waals surface area (Å²) in [5.41, 5.74) is 0. The highest BCUT2D eigenvalue weighted by Gasteiger charge is 2.26. The number of amides is 1. The maximum Gasteiger partial charge on any atom is 0.327 e. The number of rotatable bonds is 5. The molecule has 6 heteroatoms. The Labute approximate surface area is 93.0 Å². The molecule has 0 aromatic heterocycles. The molecule has 15 heavy (non-hydrogen) atoms. The number of thioether (sulfide) groups is 1. The molecule has 1 saturated heterocycles. The van der Waals surface area contributed by atoms with Crippen molar-refractivity contribution in [3.63, 3.8) is 0 Å². The second kappa shape index (κ2) is 5.97. The third kappa shape index (κ3) is 3.71. The fourth-order valence-electron chi connectivity index (χ4n) is 1.51. The van der Waals surface area contributed by atoms with E-state index in [0.717, 1.165) is 13.0 Å². The molecule has 0 unspecified atom stereocenters. The Kier molecular flexibility index (Phi) is 4.90. The molecule has 1 amide bonds. The molecule has 0 spiro atoms. The van der Waals surface area contributed by atoms with Gasteiger partial charge in [0, 0.05) is 12.3 Å². The summed E-state index contributed by atoms with van der Waals surface area (Å²) in [5, 5.41) is 14.5. The smallest absolute Gasteiger partial charge is 0.327 e. The first-order valence-corrected chi connectivity index (χ1v) is 6.27. The van der Waals surface area contributed by atoms with E-state index in [9.17, 15) is 9.59 Å². The summed E-state index contributed by atoms with van der Waals surface area (Å²) in [4.78, 5) is 22.4. The van der Waals surface area contributed by atoms with Gasteiger partial charge >= 0.3 is 5.97 Å². The lowest BCUT2D eigenvalue weighted by Gasteiger charge is -2.15. The normalized spacial score (nSPS) is 22.3. The molecule has 3 N–H and O–H groups in total. The first-order chi connectivity index (χ1) is 7.15. The van der Waals surface area contributed by atoms with Crippen molar-refractivity contribution in [2.24, 2.45) is 5.92 Å². The van der Waals surface area contributed by atoms with Crippen LogP contribution >= 0.6 is 11.8 Å². The van der Waals surface area contributed by atoms with Crippen LogP contribution in [0.2, 0.25) is 0 Å². The van der Waals surface area contributed by atoms with Gasteiger partial charge in [0.1, 0.15) is 6.04 Å². The van der Waals surface area contributed by atoms with Crippen molar-refractivity contribution in [1.29, 1.82) is 0 Å². The molecular weight excluding hydrogens is 216 g/mol. The van der Waals surface area contributed by atoms with Gasteiger partial charge in [0.15, 0.2) is 0 Å². The van der Waals surface area contributed by atoms with Gasteiger partial charge < -0.3 is 15.7 Å². The van der Waals surface area contributed by atoms with Gasteiger partial charge in [-0.1, -0.05) is 0 Å². The van der Waals surface area contributed by atoms with Gasteiger partial charge in [0.2, 0.25) is 5.91 Å². The summed E-state index contributed by atoms with van der Waals surface area (Å²) >= 11 is 1.41. The van der Waals surface area contributed by atoms with Gasteiger partial charge in [0.05, 0.1) is 5.92 Å². The van der Waals surface area contributed by atoms with E-state index in [1.807, 2.05) is 6.26 Å². The summed E-state index contributed by atoms with van der Waals surface area (Å²) in [7, 11) is 0. The van der Waals surface area contributed by atoms with Crippen molar-refractivity contribution < 1.29 is 14.7 Å². The third-order valence-electron chi connectivity index (χ3n) is 2.38. The van der Waals surface area contributed by atoms with Crippen molar-refractivity contribution >= 4 is 23.6 Å². The zero-order valence-electron chi connectivity index (χ0n) is 8.66. The first kappa shape index (κ1) is 12.3. The Balaban J connectivity index is 2.42. The van der Waals surface area contributed by atoms with Gasteiger partial charge in [-0.05, 0) is 19.2 Å². The summed E-state index contributed by atoms with van der Waals surface area (Å²) in [5.74, 6) is -0.792. The van der Waals surface area contributed by atoms with Crippen LogP contribution in [0, 0.1) is 5.92 Å². The Hall–Kier alpha value is -0.750. The van der Waals surface area contributed by atoms with Gasteiger partial charge in [-0.2, -0.15) is 11.8 Å². The number of carboxylic acids is 1. The summed E-state index contributed by atoms with van der Waals surface area (Å²) in [6.45, 7) is 1.48. The number of carboxylic acid groups (broad SMARTS) is 1. The van der Waals surface area contributed by atoms with E-state index in [2.05, 4.69) is 10.6 Å². The predicted octanol–water partition coefficient (Wildman–Crippen LogP) is -0.472. The van der Waals surface area contributed by atoms with Crippen molar-refractivity contribution in [1.82, 2.24) is 10.6 Å². The van der Waals surface area contributed by atoms with Crippen LogP contribution in [0.15, 0.2) is 0 Å². The van der Waals surface area contributed by atoms with Crippen LogP contribution in [0.5, 0.6) is 0 Å². The van der Waals surface area contributed by atoms with Gasteiger partial charge in [-0.15, -0.1) is 0 Å². The van der Waals surface area contributed by atoms with Crippen LogP contribution in [0.1, 0.15) is 6.42 Å². The van der Waals surface area contributed by atoms with E-state index < -0.39 is 12.0 Å². The Morgan fingerprint density at radius 1 is 1.67 bits per heavy atom. The fourth-order valence-corrected chi connectivity index (χ4v) is 2.07. The number of carbonyl (C=O) groups excluding carboxylic acids is 1. The van der Waals surface area contributed by atoms with Gasteiger partial charge in [-0.3, -0.25) is 4.79 Å². The molecule has 0 aromatic carbocycles. The Morgan fingerprint density at radius 2 is 2.40 bits per heavy atom. The van der Waals surface area contributed by atoms with Gasteiger partial charge in [-0.25, -0.2) is 4.79 Å². The standard InChI is InChI=1S/C9H16N2O3S/c1-15-5-7(9(13)14)11-8(12)6-2-3-10-4-6/h6-7,10H,2-5H2,1H3,(H,11,12)(H,13,14)/t6-,7-/m0/s1. The molecule has 0 bridgehead atoms. The molecule has 0 radical (unpaired) electrons. The molecule has 1 fully saturated rings. The molecule has 1 aliphatic rings. The Bertz CT molecular complexity index is 242. The SMILES string of the molecule is CSC[C@H](NC(=O)[C@H]1CCNC1)C(=O)O. The number of aliphatic carboxylic acids is 1. The maximum absolute atomic E-state index is 11.6. The second-order valence-electron chi connectivity index (χ2n) is 3.54. The number of hydrogen-bond acceptors (Lipinski definition) is 4. The van der Waals surface area contributed by atoms with E-state index in [4.69, 9.17) is 5.11 Å². The minimum Gasteiger partial charge on any atom is -0.480 e. The number of hydrogen-bond donors (Lipinski definition) is 3. The highest BCUT2D eigenvalue weighted by molar-refractivity contribution is 7.98. The number of nitrogens with one attached hydrogen (secondary N) is 2. The molecule has 1 aliphatic heterocycles. The van der Waals surface area contributed by atoms with E-state index in [1.54, 1.807) is 0 Å². The van der Waals surface area contributed by atoms with E-state index in [1.165, 1.54) is 11.8 Å². The zero-order chi connectivity index (χ0) is 11.3. The highest BCUT2D eigenvalue weighted by Crippen LogP contribution is 2.08. The average molecular weight is 232 g/mol. The molecule has 5 nitrogen and oxygen atoms in total. The van der Waals surface area contributed by atoms with Crippen molar-refractivity contribution in [3.8, 4) is 0 Å². The van der Waals surface area contributed by atoms with E-state index in [0.29, 0.717) is 12.3 Å². The molecular formula is C9H16N2O3S. The maximum atomic E-state index is 11.6. The lowest BCUT2D eigenvalue weighted by Crippen LogP contribution is -2.45. The largest absolute Gasteiger partial charge is 0.480 e. The first-order valence-electron chi connectivity index (χ1n) is 4.88. The highest BCUT2D eigenvalue weighted by atomic mass is 32.2. The summed E-state index contributed by atoms with van der Waals surface area (Å²) < 4.78 is 0. The molecule has 0 aromatic rings. The van der Waals surface area contributed by atoms with Crippen LogP contribution in [-0.4, -0.2) is 48.1 Å². The van der Waals surface area contributed by atoms with Crippen LogP contribution in [0.3, 0.4) is 0 Å². The number of carbonyl (C=O) groups is 2. The zero-order valence-corrected chi connectivity index (χ0v) is 9.47. The second-order valence-corrected chi connectivity index (χ2v) is 4.46. The third-order valence-corrected chi connectivity index (χ3v) is 3.05. The monoisotopic (exact) mass is 232 g/mol. The van der Waals surface area contributed by atoms with Crippen molar-refractivity contribution in [3.05, 3.63) is 0 Å². The molecule has 86 valence electrons. The molecule has 0 aliphatic carbocycles. The summed E-state index contributed by atoms with van der Waals surface area (Å²) in [6, 6.07) is -0.770. The average Bonchev–Trinajstić information content (AvgIpc) is 2.69. The van der Waals surface area contributed by atoms with Crippen LogP contribution in [0.25, 0.3) is 0 Å². The topological polar surface area (TPSA) is 78.4 Å². The Morgan fingerprint density at radius 3 is 2.87 bits per heavy atom. The van der Waals surface area contributed by atoms with Gasteiger partial charge in [0.25, 0.3) is 0 Å². The minimum atomic E-state index is -0.969. The van der Waals surface area contributed by atoms with Crippen molar-refractivity contribution in [2.45, 2.75) is 12.5 Å². The van der Waals surface area contributed by atoms with Crippen LogP contribution in [0.4, 0.5) is 0 Å². The molecule has 1 rings (SSSR count). The van der Waals surface area contributed by atoms with E-state index in [-0.39, 0.29) is 11.8 Å².